The molecule has 1 aromatic carbocycles. The van der Waals surface area contributed by atoms with E-state index in [1.54, 1.807) is 0 Å². The van der Waals surface area contributed by atoms with Gasteiger partial charge in [0.1, 0.15) is 11.6 Å². The van der Waals surface area contributed by atoms with Crippen LogP contribution in [0.2, 0.25) is 0 Å². The third-order valence-corrected chi connectivity index (χ3v) is 2.04. The van der Waals surface area contributed by atoms with Crippen molar-refractivity contribution >= 4 is 0 Å². The summed E-state index contributed by atoms with van der Waals surface area (Å²) < 4.78 is 62.0. The molecule has 0 saturated heterocycles. The molecule has 1 rings (SSSR count). The predicted molar refractivity (Wildman–Crippen MR) is 48.8 cm³/mol. The molecule has 1 nitrogen and oxygen atoms in total. The normalized spacial score (nSPS) is 13.9. The quantitative estimate of drug-likeness (QED) is 0.799. The molecule has 90 valence electrons. The van der Waals surface area contributed by atoms with Crippen LogP contribution in [0.1, 0.15) is 18.5 Å². The average molecular weight is 239 g/mol. The van der Waals surface area contributed by atoms with E-state index in [2.05, 4.69) is 0 Å². The zero-order valence-electron chi connectivity index (χ0n) is 8.41. The third-order valence-electron chi connectivity index (χ3n) is 2.04. The number of hydrogen-bond donors (Lipinski definition) is 1. The summed E-state index contributed by atoms with van der Waals surface area (Å²) in [6.07, 6.45) is -4.41. The van der Waals surface area contributed by atoms with Crippen molar-refractivity contribution in [1.29, 1.82) is 0 Å². The number of benzene rings is 1. The molecule has 16 heavy (non-hydrogen) atoms. The van der Waals surface area contributed by atoms with Crippen molar-refractivity contribution in [2.75, 3.05) is 6.54 Å². The minimum absolute atomic E-state index is 0.383. The molecule has 1 atom stereocenters. The van der Waals surface area contributed by atoms with Crippen LogP contribution >= 0.6 is 0 Å². The van der Waals surface area contributed by atoms with Crippen LogP contribution < -0.4 is 5.32 Å². The predicted octanol–water partition coefficient (Wildman–Crippen LogP) is 3.18. The van der Waals surface area contributed by atoms with Crippen LogP contribution in [0.25, 0.3) is 0 Å². The second-order valence-corrected chi connectivity index (χ2v) is 3.35. The van der Waals surface area contributed by atoms with Gasteiger partial charge in [0.05, 0.1) is 6.54 Å². The van der Waals surface area contributed by atoms with E-state index in [1.807, 2.05) is 5.32 Å². The number of halogens is 5. The lowest BCUT2D eigenvalue weighted by Crippen LogP contribution is -2.31. The fourth-order valence-corrected chi connectivity index (χ4v) is 1.30. The smallest absolute Gasteiger partial charge is 0.302 e. The minimum atomic E-state index is -4.41. The highest BCUT2D eigenvalue weighted by Crippen LogP contribution is 2.21. The summed E-state index contributed by atoms with van der Waals surface area (Å²) in [5.41, 5.74) is -0.383. The van der Waals surface area contributed by atoms with Gasteiger partial charge < -0.3 is 5.32 Å². The fourth-order valence-electron chi connectivity index (χ4n) is 1.30. The molecule has 6 heteroatoms. The van der Waals surface area contributed by atoms with E-state index in [1.165, 1.54) is 6.92 Å². The summed E-state index contributed by atoms with van der Waals surface area (Å²) in [6, 6.07) is 2.13. The molecule has 1 unspecified atom stereocenters. The maximum absolute atomic E-state index is 13.2. The summed E-state index contributed by atoms with van der Waals surface area (Å²) in [4.78, 5) is 0. The van der Waals surface area contributed by atoms with Gasteiger partial charge in [-0.25, -0.2) is 8.78 Å². The van der Waals surface area contributed by atoms with E-state index in [0.717, 1.165) is 18.2 Å². The van der Waals surface area contributed by atoms with Gasteiger partial charge in [0.2, 0.25) is 0 Å². The lowest BCUT2D eigenvalue weighted by Gasteiger charge is -2.16. The van der Waals surface area contributed by atoms with Crippen LogP contribution in [0.4, 0.5) is 22.0 Å². The van der Waals surface area contributed by atoms with Gasteiger partial charge in [-0.3, -0.25) is 0 Å². The van der Waals surface area contributed by atoms with E-state index >= 15 is 0 Å². The van der Waals surface area contributed by atoms with Gasteiger partial charge in [-0.05, 0) is 19.1 Å². The number of rotatable bonds is 3. The molecule has 0 aromatic heterocycles. The van der Waals surface area contributed by atoms with E-state index < -0.39 is 30.4 Å². The lowest BCUT2D eigenvalue weighted by molar-refractivity contribution is -0.126. The summed E-state index contributed by atoms with van der Waals surface area (Å²) in [7, 11) is 0. The molecule has 1 aromatic rings. The molecule has 0 saturated carbocycles. The average Bonchev–Trinajstić information content (AvgIpc) is 2.13. The Morgan fingerprint density at radius 2 is 1.69 bits per heavy atom. The molecule has 0 fully saturated rings. The molecule has 0 aliphatic rings. The SMILES string of the molecule is CC(NCC(F)(F)F)c1c(F)cccc1F. The maximum atomic E-state index is 13.2. The Labute approximate surface area is 89.3 Å². The molecular formula is C10H10F5N. The van der Waals surface area contributed by atoms with Crippen molar-refractivity contribution < 1.29 is 22.0 Å². The fraction of sp³-hybridized carbons (Fsp3) is 0.400. The second kappa shape index (κ2) is 4.78. The molecule has 0 heterocycles. The minimum Gasteiger partial charge on any atom is -0.302 e. The number of hydrogen-bond acceptors (Lipinski definition) is 1. The first-order valence-electron chi connectivity index (χ1n) is 4.55. The van der Waals surface area contributed by atoms with Crippen molar-refractivity contribution in [3.63, 3.8) is 0 Å². The van der Waals surface area contributed by atoms with E-state index in [9.17, 15) is 22.0 Å². The Morgan fingerprint density at radius 3 is 2.12 bits per heavy atom. The molecule has 0 aliphatic heterocycles. The molecule has 0 amide bonds. The van der Waals surface area contributed by atoms with Crippen molar-refractivity contribution in [2.24, 2.45) is 0 Å². The zero-order valence-corrected chi connectivity index (χ0v) is 8.41. The summed E-state index contributed by atoms with van der Waals surface area (Å²) in [6.45, 7) is -0.0187. The van der Waals surface area contributed by atoms with Gasteiger partial charge >= 0.3 is 6.18 Å². The Bertz CT molecular complexity index is 340. The highest BCUT2D eigenvalue weighted by atomic mass is 19.4. The third kappa shape index (κ3) is 3.44. The monoisotopic (exact) mass is 239 g/mol. The van der Waals surface area contributed by atoms with Crippen molar-refractivity contribution in [2.45, 2.75) is 19.1 Å². The van der Waals surface area contributed by atoms with Crippen molar-refractivity contribution in [3.05, 3.63) is 35.4 Å². The van der Waals surface area contributed by atoms with Crippen LogP contribution in [0.15, 0.2) is 18.2 Å². The first-order chi connectivity index (χ1) is 7.31. The summed E-state index contributed by atoms with van der Waals surface area (Å²) >= 11 is 0. The number of alkyl halides is 3. The molecule has 0 spiro atoms. The Kier molecular flexibility index (Phi) is 3.85. The van der Waals surface area contributed by atoms with Crippen LogP contribution in [0.5, 0.6) is 0 Å². The Morgan fingerprint density at radius 1 is 1.19 bits per heavy atom. The van der Waals surface area contributed by atoms with E-state index in [4.69, 9.17) is 0 Å². The lowest BCUT2D eigenvalue weighted by atomic mass is 10.1. The first kappa shape index (κ1) is 12.9. The summed E-state index contributed by atoms with van der Waals surface area (Å²) in [5, 5.41) is 2.02. The van der Waals surface area contributed by atoms with Crippen LogP contribution in [0, 0.1) is 11.6 Å². The van der Waals surface area contributed by atoms with Gasteiger partial charge in [-0.2, -0.15) is 13.2 Å². The highest BCUT2D eigenvalue weighted by molar-refractivity contribution is 5.22. The molecule has 1 N–H and O–H groups in total. The van der Waals surface area contributed by atoms with Crippen LogP contribution in [0.3, 0.4) is 0 Å². The molecule has 0 aliphatic carbocycles. The van der Waals surface area contributed by atoms with Gasteiger partial charge in [0.25, 0.3) is 0 Å². The van der Waals surface area contributed by atoms with Gasteiger partial charge in [-0.1, -0.05) is 6.07 Å². The maximum Gasteiger partial charge on any atom is 0.401 e. The standard InChI is InChI=1S/C10H10F5N/c1-6(16-5-10(13,14)15)9-7(11)3-2-4-8(9)12/h2-4,6,16H,5H2,1H3. The largest absolute Gasteiger partial charge is 0.401 e. The van der Waals surface area contributed by atoms with Gasteiger partial charge in [-0.15, -0.1) is 0 Å². The molecule has 0 radical (unpaired) electrons. The second-order valence-electron chi connectivity index (χ2n) is 3.35. The topological polar surface area (TPSA) is 12.0 Å². The highest BCUT2D eigenvalue weighted by Gasteiger charge is 2.28. The molecule has 0 bridgehead atoms. The van der Waals surface area contributed by atoms with Crippen LogP contribution in [-0.4, -0.2) is 12.7 Å². The van der Waals surface area contributed by atoms with Gasteiger partial charge in [0, 0.05) is 11.6 Å². The summed E-state index contributed by atoms with van der Waals surface area (Å²) in [5.74, 6) is -1.72. The Hall–Kier alpha value is -1.17. The van der Waals surface area contributed by atoms with Gasteiger partial charge in [0.15, 0.2) is 0 Å². The van der Waals surface area contributed by atoms with Crippen LogP contribution in [-0.2, 0) is 0 Å². The van der Waals surface area contributed by atoms with E-state index in [-0.39, 0.29) is 5.56 Å². The van der Waals surface area contributed by atoms with Crippen molar-refractivity contribution in [1.82, 2.24) is 5.32 Å². The van der Waals surface area contributed by atoms with E-state index in [0.29, 0.717) is 0 Å². The zero-order chi connectivity index (χ0) is 12.3. The molecular weight excluding hydrogens is 229 g/mol. The Balaban J connectivity index is 2.77. The number of nitrogens with one attached hydrogen (secondary N) is 1. The van der Waals surface area contributed by atoms with Crippen molar-refractivity contribution in [3.8, 4) is 0 Å². The first-order valence-corrected chi connectivity index (χ1v) is 4.55.